The highest BCUT2D eigenvalue weighted by Gasteiger charge is 2.41. The predicted molar refractivity (Wildman–Crippen MR) is 126 cm³/mol. The SMILES string of the molecule is CCCCCS(=O)(=O)/N=C1\SC(CC(=O)Nc2ccccc2)C(=O)N1c1ccccc1. The molecule has 0 aromatic heterocycles. The van der Waals surface area contributed by atoms with Gasteiger partial charge in [0.1, 0.15) is 5.25 Å². The number of carbonyl (C=O) groups is 2. The lowest BCUT2D eigenvalue weighted by Gasteiger charge is -2.16. The van der Waals surface area contributed by atoms with E-state index in [1.54, 1.807) is 54.6 Å². The second-order valence-electron chi connectivity index (χ2n) is 7.10. The summed E-state index contributed by atoms with van der Waals surface area (Å²) in [5.74, 6) is -0.750. The van der Waals surface area contributed by atoms with E-state index in [1.165, 1.54) is 4.90 Å². The standard InChI is InChI=1S/C22H25N3O4S2/c1-2-3-10-15-31(28,29)24-22-25(18-13-8-5-9-14-18)21(27)19(30-22)16-20(26)23-17-11-6-4-7-12-17/h4-9,11-14,19H,2-3,10,15-16H2,1H3,(H,23,26)/b24-22-. The normalized spacial score (nSPS) is 17.8. The lowest BCUT2D eigenvalue weighted by molar-refractivity contribution is -0.121. The summed E-state index contributed by atoms with van der Waals surface area (Å²) < 4.78 is 28.9. The predicted octanol–water partition coefficient (Wildman–Crippen LogP) is 4.04. The first-order chi connectivity index (χ1) is 14.9. The zero-order valence-electron chi connectivity index (χ0n) is 17.2. The van der Waals surface area contributed by atoms with Crippen molar-refractivity contribution in [1.82, 2.24) is 0 Å². The molecule has 0 bridgehead atoms. The summed E-state index contributed by atoms with van der Waals surface area (Å²) in [6.45, 7) is 1.99. The molecule has 1 saturated heterocycles. The minimum Gasteiger partial charge on any atom is -0.326 e. The summed E-state index contributed by atoms with van der Waals surface area (Å²) in [6.07, 6.45) is 2.12. The molecule has 2 amide bonds. The van der Waals surface area contributed by atoms with Crippen molar-refractivity contribution in [1.29, 1.82) is 0 Å². The number of hydrogen-bond donors (Lipinski definition) is 1. The molecule has 0 radical (unpaired) electrons. The summed E-state index contributed by atoms with van der Waals surface area (Å²) in [7, 11) is -3.73. The molecule has 164 valence electrons. The van der Waals surface area contributed by atoms with E-state index in [-0.39, 0.29) is 29.2 Å². The molecule has 1 atom stereocenters. The Labute approximate surface area is 187 Å². The van der Waals surface area contributed by atoms with Crippen LogP contribution in [0.1, 0.15) is 32.6 Å². The van der Waals surface area contributed by atoms with Crippen LogP contribution in [0.15, 0.2) is 65.1 Å². The zero-order valence-corrected chi connectivity index (χ0v) is 18.9. The van der Waals surface area contributed by atoms with Gasteiger partial charge in [-0.05, 0) is 30.7 Å². The van der Waals surface area contributed by atoms with Gasteiger partial charge < -0.3 is 5.32 Å². The quantitative estimate of drug-likeness (QED) is 0.571. The minimum atomic E-state index is -3.73. The van der Waals surface area contributed by atoms with E-state index in [0.717, 1.165) is 24.6 Å². The Morgan fingerprint density at radius 3 is 2.35 bits per heavy atom. The highest BCUT2D eigenvalue weighted by atomic mass is 32.2. The molecule has 7 nitrogen and oxygen atoms in total. The van der Waals surface area contributed by atoms with Crippen LogP contribution in [0, 0.1) is 0 Å². The van der Waals surface area contributed by atoms with E-state index in [9.17, 15) is 18.0 Å². The van der Waals surface area contributed by atoms with Gasteiger partial charge in [-0.15, -0.1) is 4.40 Å². The Hall–Kier alpha value is -2.65. The molecule has 1 fully saturated rings. The summed E-state index contributed by atoms with van der Waals surface area (Å²) in [5, 5.41) is 2.09. The summed E-state index contributed by atoms with van der Waals surface area (Å²) in [6, 6.07) is 17.7. The molecule has 3 rings (SSSR count). The van der Waals surface area contributed by atoms with Gasteiger partial charge in [0, 0.05) is 12.1 Å². The Morgan fingerprint density at radius 1 is 1.06 bits per heavy atom. The second-order valence-corrected chi connectivity index (χ2v) is 10.0. The number of unbranched alkanes of at least 4 members (excludes halogenated alkanes) is 2. The molecule has 0 spiro atoms. The molecule has 9 heteroatoms. The van der Waals surface area contributed by atoms with Crippen molar-refractivity contribution in [2.24, 2.45) is 4.40 Å². The fourth-order valence-corrected chi connectivity index (χ4v) is 5.56. The van der Waals surface area contributed by atoms with Gasteiger partial charge in [0.15, 0.2) is 5.17 Å². The van der Waals surface area contributed by atoms with Crippen molar-refractivity contribution in [2.75, 3.05) is 16.0 Å². The molecule has 2 aromatic rings. The van der Waals surface area contributed by atoms with Gasteiger partial charge in [-0.25, -0.2) is 8.42 Å². The van der Waals surface area contributed by atoms with E-state index in [2.05, 4.69) is 9.71 Å². The van der Waals surface area contributed by atoms with Gasteiger partial charge in [-0.2, -0.15) is 0 Å². The molecule has 1 aliphatic heterocycles. The molecule has 0 saturated carbocycles. The first-order valence-corrected chi connectivity index (χ1v) is 12.6. The number of sulfonamides is 1. The monoisotopic (exact) mass is 459 g/mol. The number of carbonyl (C=O) groups excluding carboxylic acids is 2. The van der Waals surface area contributed by atoms with E-state index in [1.807, 2.05) is 13.0 Å². The molecule has 1 N–H and O–H groups in total. The van der Waals surface area contributed by atoms with Crippen LogP contribution in [0.5, 0.6) is 0 Å². The Balaban J connectivity index is 1.81. The number of benzene rings is 2. The third kappa shape index (κ3) is 6.41. The van der Waals surface area contributed by atoms with Crippen molar-refractivity contribution < 1.29 is 18.0 Å². The molecule has 2 aromatic carbocycles. The van der Waals surface area contributed by atoms with Crippen molar-refractivity contribution >= 4 is 50.1 Å². The molecule has 1 aliphatic rings. The van der Waals surface area contributed by atoms with Crippen LogP contribution < -0.4 is 10.2 Å². The topological polar surface area (TPSA) is 95.9 Å². The molecule has 31 heavy (non-hydrogen) atoms. The largest absolute Gasteiger partial charge is 0.326 e. The number of amidine groups is 1. The van der Waals surface area contributed by atoms with Crippen LogP contribution in [0.4, 0.5) is 11.4 Å². The van der Waals surface area contributed by atoms with Crippen molar-refractivity contribution in [3.63, 3.8) is 0 Å². The van der Waals surface area contributed by atoms with Gasteiger partial charge in [0.2, 0.25) is 11.8 Å². The van der Waals surface area contributed by atoms with Crippen LogP contribution in [0.25, 0.3) is 0 Å². The number of anilines is 2. The second kappa shape index (κ2) is 10.6. The summed E-state index contributed by atoms with van der Waals surface area (Å²) in [5.41, 5.74) is 1.16. The fourth-order valence-electron chi connectivity index (χ4n) is 3.08. The number of hydrogen-bond acceptors (Lipinski definition) is 5. The van der Waals surface area contributed by atoms with Crippen molar-refractivity contribution in [3.05, 3.63) is 60.7 Å². The zero-order chi connectivity index (χ0) is 22.3. The number of rotatable bonds is 9. The fraction of sp³-hybridized carbons (Fsp3) is 0.318. The van der Waals surface area contributed by atoms with Crippen LogP contribution in [-0.2, 0) is 19.6 Å². The van der Waals surface area contributed by atoms with Crippen LogP contribution in [0.3, 0.4) is 0 Å². The number of nitrogens with zero attached hydrogens (tertiary/aromatic N) is 2. The highest BCUT2D eigenvalue weighted by Crippen LogP contribution is 2.34. The lowest BCUT2D eigenvalue weighted by atomic mass is 10.2. The Kier molecular flexibility index (Phi) is 7.86. The van der Waals surface area contributed by atoms with Gasteiger partial charge >= 0.3 is 0 Å². The summed E-state index contributed by atoms with van der Waals surface area (Å²) in [4.78, 5) is 26.9. The third-order valence-electron chi connectivity index (χ3n) is 4.60. The van der Waals surface area contributed by atoms with E-state index in [4.69, 9.17) is 0 Å². The van der Waals surface area contributed by atoms with Crippen LogP contribution in [-0.4, -0.2) is 36.4 Å². The van der Waals surface area contributed by atoms with Gasteiger partial charge in [-0.1, -0.05) is 67.9 Å². The van der Waals surface area contributed by atoms with Gasteiger partial charge in [-0.3, -0.25) is 14.5 Å². The first kappa shape index (κ1) is 23.0. The maximum Gasteiger partial charge on any atom is 0.255 e. The van der Waals surface area contributed by atoms with E-state index in [0.29, 0.717) is 17.8 Å². The minimum absolute atomic E-state index is 0.0686. The molecule has 1 heterocycles. The molecular weight excluding hydrogens is 434 g/mol. The lowest BCUT2D eigenvalue weighted by Crippen LogP contribution is -2.33. The molecule has 0 aliphatic carbocycles. The van der Waals surface area contributed by atoms with E-state index >= 15 is 0 Å². The average Bonchev–Trinajstić information content (AvgIpc) is 3.03. The summed E-state index contributed by atoms with van der Waals surface area (Å²) >= 11 is 1.01. The first-order valence-electron chi connectivity index (χ1n) is 10.1. The smallest absolute Gasteiger partial charge is 0.255 e. The van der Waals surface area contributed by atoms with Crippen molar-refractivity contribution in [2.45, 2.75) is 37.9 Å². The van der Waals surface area contributed by atoms with Crippen molar-refractivity contribution in [3.8, 4) is 0 Å². The third-order valence-corrected chi connectivity index (χ3v) is 7.11. The molecule has 1 unspecified atom stereocenters. The highest BCUT2D eigenvalue weighted by molar-refractivity contribution is 8.16. The maximum absolute atomic E-state index is 13.1. The molecular formula is C22H25N3O4S2. The van der Waals surface area contributed by atoms with Gasteiger partial charge in [0.25, 0.3) is 10.0 Å². The number of nitrogens with one attached hydrogen (secondary N) is 1. The number of para-hydroxylation sites is 2. The number of thioether (sulfide) groups is 1. The Bertz CT molecular complexity index is 1040. The van der Waals surface area contributed by atoms with Crippen LogP contribution >= 0.6 is 11.8 Å². The van der Waals surface area contributed by atoms with Gasteiger partial charge in [0.05, 0.1) is 11.4 Å². The van der Waals surface area contributed by atoms with E-state index < -0.39 is 15.3 Å². The Morgan fingerprint density at radius 2 is 1.71 bits per heavy atom. The maximum atomic E-state index is 13.1. The average molecular weight is 460 g/mol. The van der Waals surface area contributed by atoms with Crippen LogP contribution in [0.2, 0.25) is 0 Å². The number of amides is 2.